The lowest BCUT2D eigenvalue weighted by atomic mass is 10.1. The molecule has 0 aliphatic heterocycles. The Morgan fingerprint density at radius 2 is 1.96 bits per heavy atom. The van der Waals surface area contributed by atoms with Crippen molar-refractivity contribution in [3.63, 3.8) is 0 Å². The fourth-order valence-corrected chi connectivity index (χ4v) is 4.39. The molecule has 0 saturated carbocycles. The van der Waals surface area contributed by atoms with Crippen LogP contribution in [0.15, 0.2) is 60.9 Å². The predicted octanol–water partition coefficient (Wildman–Crippen LogP) is 5.81. The van der Waals surface area contributed by atoms with Crippen LogP contribution in [0.25, 0.3) is 10.2 Å². The molecular weight excluding hydrogens is 390 g/mol. The van der Waals surface area contributed by atoms with Crippen LogP contribution in [0.5, 0.6) is 0 Å². The molecule has 0 unspecified atom stereocenters. The highest BCUT2D eigenvalue weighted by atomic mass is 35.5. The molecule has 2 heterocycles. The molecule has 0 aliphatic rings. The van der Waals surface area contributed by atoms with Crippen LogP contribution in [-0.2, 0) is 6.54 Å². The molecule has 0 radical (unpaired) electrons. The van der Waals surface area contributed by atoms with Gasteiger partial charge in [0, 0.05) is 12.4 Å². The van der Waals surface area contributed by atoms with Gasteiger partial charge in [-0.3, -0.25) is 14.7 Å². The fraction of sp³-hybridized carbons (Fsp3) is 0.136. The number of pyridine rings is 1. The number of amides is 1. The summed E-state index contributed by atoms with van der Waals surface area (Å²) in [5, 5.41) is 1.08. The Morgan fingerprint density at radius 1 is 1.14 bits per heavy atom. The zero-order chi connectivity index (χ0) is 19.7. The van der Waals surface area contributed by atoms with Gasteiger partial charge in [-0.25, -0.2) is 4.98 Å². The molecule has 0 N–H and O–H groups in total. The van der Waals surface area contributed by atoms with E-state index in [0.29, 0.717) is 22.3 Å². The molecule has 0 bridgehead atoms. The lowest BCUT2D eigenvalue weighted by Gasteiger charge is -2.20. The Kier molecular flexibility index (Phi) is 5.11. The second-order valence-electron chi connectivity index (χ2n) is 6.66. The maximum atomic E-state index is 13.4. The fourth-order valence-electron chi connectivity index (χ4n) is 3.16. The number of halogens is 1. The smallest absolute Gasteiger partial charge is 0.261 e. The van der Waals surface area contributed by atoms with Gasteiger partial charge in [0.1, 0.15) is 0 Å². The van der Waals surface area contributed by atoms with E-state index < -0.39 is 0 Å². The molecule has 4 rings (SSSR count). The molecule has 0 spiro atoms. The summed E-state index contributed by atoms with van der Waals surface area (Å²) in [5.41, 5.74) is 4.60. The first-order chi connectivity index (χ1) is 13.5. The number of aromatic nitrogens is 2. The van der Waals surface area contributed by atoms with Crippen LogP contribution in [0, 0.1) is 13.8 Å². The molecule has 2 aromatic heterocycles. The third-order valence-electron chi connectivity index (χ3n) is 4.45. The lowest BCUT2D eigenvalue weighted by molar-refractivity contribution is 0.0985. The van der Waals surface area contributed by atoms with E-state index in [-0.39, 0.29) is 5.91 Å². The van der Waals surface area contributed by atoms with Crippen LogP contribution in [0.3, 0.4) is 0 Å². The number of hydrogen-bond donors (Lipinski definition) is 0. The standard InChI is InChI=1S/C22H18ClN3OS/c1-14-10-15(2)20-19(11-14)25-22(28-20)26(13-16-6-5-9-24-12-16)21(27)17-7-3-4-8-18(17)23/h3-12H,13H2,1-2H3. The van der Waals surface area contributed by atoms with E-state index in [1.807, 2.05) is 37.3 Å². The lowest BCUT2D eigenvalue weighted by Crippen LogP contribution is -2.30. The molecule has 0 saturated heterocycles. The van der Waals surface area contributed by atoms with Crippen molar-refractivity contribution >= 4 is 44.2 Å². The Morgan fingerprint density at radius 3 is 2.71 bits per heavy atom. The SMILES string of the molecule is Cc1cc(C)c2sc(N(Cc3cccnc3)C(=O)c3ccccc3Cl)nc2c1. The molecule has 140 valence electrons. The van der Waals surface area contributed by atoms with Gasteiger partial charge in [-0.2, -0.15) is 0 Å². The Hall–Kier alpha value is -2.76. The van der Waals surface area contributed by atoms with Gasteiger partial charge < -0.3 is 0 Å². The van der Waals surface area contributed by atoms with Crippen LogP contribution in [-0.4, -0.2) is 15.9 Å². The number of carbonyl (C=O) groups excluding carboxylic acids is 1. The van der Waals surface area contributed by atoms with Crippen molar-refractivity contribution in [1.29, 1.82) is 0 Å². The summed E-state index contributed by atoms with van der Waals surface area (Å²) in [7, 11) is 0. The summed E-state index contributed by atoms with van der Waals surface area (Å²) in [5.74, 6) is -0.178. The van der Waals surface area contributed by atoms with Crippen LogP contribution < -0.4 is 4.90 Å². The zero-order valence-electron chi connectivity index (χ0n) is 15.5. The highest BCUT2D eigenvalue weighted by Gasteiger charge is 2.24. The second-order valence-corrected chi connectivity index (χ2v) is 8.04. The van der Waals surface area contributed by atoms with Crippen molar-refractivity contribution in [1.82, 2.24) is 9.97 Å². The number of anilines is 1. The minimum Gasteiger partial charge on any atom is -0.279 e. The molecule has 2 aromatic carbocycles. The number of rotatable bonds is 4. The molecule has 4 aromatic rings. The number of carbonyl (C=O) groups is 1. The first-order valence-electron chi connectivity index (χ1n) is 8.86. The van der Waals surface area contributed by atoms with Crippen LogP contribution >= 0.6 is 22.9 Å². The van der Waals surface area contributed by atoms with Gasteiger partial charge in [-0.15, -0.1) is 0 Å². The summed E-state index contributed by atoms with van der Waals surface area (Å²) >= 11 is 7.82. The quantitative estimate of drug-likeness (QED) is 0.429. The minimum atomic E-state index is -0.178. The highest BCUT2D eigenvalue weighted by Crippen LogP contribution is 2.34. The highest BCUT2D eigenvalue weighted by molar-refractivity contribution is 7.22. The van der Waals surface area contributed by atoms with Crippen molar-refractivity contribution < 1.29 is 4.79 Å². The molecule has 0 aliphatic carbocycles. The Labute approximate surface area is 172 Å². The van der Waals surface area contributed by atoms with Gasteiger partial charge in [0.05, 0.1) is 27.3 Å². The number of aryl methyl sites for hydroxylation is 2. The molecule has 1 amide bonds. The zero-order valence-corrected chi connectivity index (χ0v) is 17.1. The number of nitrogens with zero attached hydrogens (tertiary/aromatic N) is 3. The summed E-state index contributed by atoms with van der Waals surface area (Å²) < 4.78 is 1.09. The van der Waals surface area contributed by atoms with Gasteiger partial charge in [0.2, 0.25) is 0 Å². The van der Waals surface area contributed by atoms with E-state index in [1.54, 1.807) is 29.4 Å². The minimum absolute atomic E-state index is 0.178. The van der Waals surface area contributed by atoms with Gasteiger partial charge in [-0.1, -0.05) is 47.2 Å². The first kappa shape index (κ1) is 18.6. The Bertz CT molecular complexity index is 1160. The summed E-state index contributed by atoms with van der Waals surface area (Å²) in [4.78, 5) is 24.0. The van der Waals surface area contributed by atoms with Crippen LogP contribution in [0.2, 0.25) is 5.02 Å². The van der Waals surface area contributed by atoms with Crippen molar-refractivity contribution in [3.05, 3.63) is 88.2 Å². The molecule has 6 heteroatoms. The van der Waals surface area contributed by atoms with E-state index in [2.05, 4.69) is 18.0 Å². The summed E-state index contributed by atoms with van der Waals surface area (Å²) in [6, 6.07) is 15.1. The third-order valence-corrected chi connectivity index (χ3v) is 6.01. The second kappa shape index (κ2) is 7.70. The topological polar surface area (TPSA) is 46.1 Å². The predicted molar refractivity (Wildman–Crippen MR) is 115 cm³/mol. The number of hydrogen-bond acceptors (Lipinski definition) is 4. The summed E-state index contributed by atoms with van der Waals surface area (Å²) in [6.07, 6.45) is 3.48. The summed E-state index contributed by atoms with van der Waals surface area (Å²) in [6.45, 7) is 4.49. The van der Waals surface area contributed by atoms with Crippen molar-refractivity contribution in [2.75, 3.05) is 4.90 Å². The third kappa shape index (κ3) is 3.63. The normalized spacial score (nSPS) is 11.0. The van der Waals surface area contributed by atoms with Crippen molar-refractivity contribution in [2.24, 2.45) is 0 Å². The van der Waals surface area contributed by atoms with Crippen LogP contribution in [0.4, 0.5) is 5.13 Å². The number of benzene rings is 2. The maximum Gasteiger partial charge on any atom is 0.261 e. The first-order valence-corrected chi connectivity index (χ1v) is 10.1. The average Bonchev–Trinajstić information content (AvgIpc) is 3.11. The molecule has 0 fully saturated rings. The molecule has 28 heavy (non-hydrogen) atoms. The van der Waals surface area contributed by atoms with Crippen LogP contribution in [0.1, 0.15) is 27.0 Å². The van der Waals surface area contributed by atoms with E-state index in [9.17, 15) is 4.79 Å². The monoisotopic (exact) mass is 407 g/mol. The molecular formula is C22H18ClN3OS. The maximum absolute atomic E-state index is 13.4. The van der Waals surface area contributed by atoms with Gasteiger partial charge >= 0.3 is 0 Å². The van der Waals surface area contributed by atoms with E-state index in [4.69, 9.17) is 16.6 Å². The van der Waals surface area contributed by atoms with Gasteiger partial charge in [0.25, 0.3) is 5.91 Å². The van der Waals surface area contributed by atoms with Crippen molar-refractivity contribution in [2.45, 2.75) is 20.4 Å². The van der Waals surface area contributed by atoms with Crippen molar-refractivity contribution in [3.8, 4) is 0 Å². The van der Waals surface area contributed by atoms with E-state index in [0.717, 1.165) is 26.9 Å². The van der Waals surface area contributed by atoms with Gasteiger partial charge in [0.15, 0.2) is 5.13 Å². The Balaban J connectivity index is 1.82. The molecule has 4 nitrogen and oxygen atoms in total. The largest absolute Gasteiger partial charge is 0.279 e. The number of thiazole rings is 1. The van der Waals surface area contributed by atoms with E-state index >= 15 is 0 Å². The average molecular weight is 408 g/mol. The molecule has 0 atom stereocenters. The number of fused-ring (bicyclic) bond motifs is 1. The van der Waals surface area contributed by atoms with E-state index in [1.165, 1.54) is 11.3 Å². The van der Waals surface area contributed by atoms with Gasteiger partial charge in [-0.05, 0) is 54.8 Å².